The topological polar surface area (TPSA) is 66.4 Å². The van der Waals surface area contributed by atoms with Crippen LogP contribution in [0.5, 0.6) is 0 Å². The van der Waals surface area contributed by atoms with E-state index in [-0.39, 0.29) is 11.7 Å². The fraction of sp³-hybridized carbons (Fsp3) is 0.455. The molecule has 1 aromatic rings. The number of rotatable bonds is 5. The van der Waals surface area contributed by atoms with Crippen LogP contribution in [0, 0.1) is 0 Å². The number of nitrogens with one attached hydrogen (secondary N) is 1. The van der Waals surface area contributed by atoms with Gasteiger partial charge in [0.1, 0.15) is 0 Å². The summed E-state index contributed by atoms with van der Waals surface area (Å²) in [5.74, 6) is -0.238. The number of aliphatic hydroxyl groups is 1. The van der Waals surface area contributed by atoms with Crippen molar-refractivity contribution >= 4 is 23.0 Å². The summed E-state index contributed by atoms with van der Waals surface area (Å²) < 4.78 is 0. The molecule has 0 saturated carbocycles. The van der Waals surface area contributed by atoms with Crippen molar-refractivity contribution in [2.45, 2.75) is 26.4 Å². The average Bonchev–Trinajstić information content (AvgIpc) is 2.65. The molecule has 2 N–H and O–H groups in total. The summed E-state index contributed by atoms with van der Waals surface area (Å²) in [6.45, 7) is 3.58. The van der Waals surface area contributed by atoms with Crippen LogP contribution in [-0.2, 0) is 0 Å². The van der Waals surface area contributed by atoms with Gasteiger partial charge in [-0.15, -0.1) is 11.3 Å². The predicted octanol–water partition coefficient (Wildman–Crippen LogP) is 1.45. The van der Waals surface area contributed by atoms with Gasteiger partial charge < -0.3 is 10.4 Å². The maximum Gasteiger partial charge on any atom is 0.261 e. The van der Waals surface area contributed by atoms with Crippen molar-refractivity contribution in [3.8, 4) is 0 Å². The number of hydrogen-bond acceptors (Lipinski definition) is 4. The van der Waals surface area contributed by atoms with Gasteiger partial charge in [-0.2, -0.15) is 0 Å². The van der Waals surface area contributed by atoms with E-state index in [1.807, 2.05) is 0 Å². The molecule has 0 aromatic carbocycles. The van der Waals surface area contributed by atoms with Gasteiger partial charge in [-0.05, 0) is 26.3 Å². The van der Waals surface area contributed by atoms with Crippen LogP contribution < -0.4 is 5.32 Å². The molecule has 0 saturated heterocycles. The largest absolute Gasteiger partial charge is 0.393 e. The molecule has 0 radical (unpaired) electrons. The lowest BCUT2D eigenvalue weighted by atomic mass is 10.2. The van der Waals surface area contributed by atoms with Gasteiger partial charge in [0, 0.05) is 17.5 Å². The zero-order valence-corrected chi connectivity index (χ0v) is 10.1. The molecule has 4 nitrogen and oxygen atoms in total. The summed E-state index contributed by atoms with van der Waals surface area (Å²) in [6.07, 6.45) is 0.104. The Morgan fingerprint density at radius 3 is 2.75 bits per heavy atom. The molecule has 1 aromatic heterocycles. The number of thiophene rings is 1. The lowest BCUT2D eigenvalue weighted by molar-refractivity contribution is 0.0949. The number of Topliss-reactive ketones (excluding diaryl/α,β-unsaturated/α-hetero) is 1. The highest BCUT2D eigenvalue weighted by atomic mass is 32.1. The van der Waals surface area contributed by atoms with Crippen molar-refractivity contribution in [2.24, 2.45) is 0 Å². The van der Waals surface area contributed by atoms with Gasteiger partial charge in [0.25, 0.3) is 5.91 Å². The minimum Gasteiger partial charge on any atom is -0.393 e. The summed E-state index contributed by atoms with van der Waals surface area (Å²) in [5, 5.41) is 13.4. The minimum atomic E-state index is -0.420. The fourth-order valence-corrected chi connectivity index (χ4v) is 1.98. The van der Waals surface area contributed by atoms with Crippen LogP contribution in [0.25, 0.3) is 0 Å². The Balaban J connectivity index is 2.50. The molecule has 5 heteroatoms. The van der Waals surface area contributed by atoms with Crippen LogP contribution in [0.3, 0.4) is 0 Å². The van der Waals surface area contributed by atoms with E-state index in [0.29, 0.717) is 23.4 Å². The molecule has 0 fully saturated rings. The average molecular weight is 241 g/mol. The second-order valence-corrected chi connectivity index (χ2v) is 4.56. The highest BCUT2D eigenvalue weighted by molar-refractivity contribution is 7.12. The monoisotopic (exact) mass is 241 g/mol. The Labute approximate surface area is 98.3 Å². The van der Waals surface area contributed by atoms with Crippen LogP contribution >= 0.6 is 11.3 Å². The van der Waals surface area contributed by atoms with Crippen molar-refractivity contribution in [3.63, 3.8) is 0 Å². The van der Waals surface area contributed by atoms with E-state index in [9.17, 15) is 9.59 Å². The Bertz CT molecular complexity index is 384. The van der Waals surface area contributed by atoms with Crippen LogP contribution in [0.1, 0.15) is 40.3 Å². The van der Waals surface area contributed by atoms with Gasteiger partial charge in [-0.25, -0.2) is 0 Å². The zero-order valence-electron chi connectivity index (χ0n) is 9.32. The molecule has 16 heavy (non-hydrogen) atoms. The van der Waals surface area contributed by atoms with Gasteiger partial charge in [-0.3, -0.25) is 9.59 Å². The lowest BCUT2D eigenvalue weighted by Gasteiger charge is -2.04. The third kappa shape index (κ3) is 3.75. The Morgan fingerprint density at radius 2 is 2.25 bits per heavy atom. The van der Waals surface area contributed by atoms with Crippen molar-refractivity contribution in [1.82, 2.24) is 5.32 Å². The van der Waals surface area contributed by atoms with E-state index < -0.39 is 6.10 Å². The zero-order chi connectivity index (χ0) is 12.1. The highest BCUT2D eigenvalue weighted by Gasteiger charge is 2.10. The number of ketones is 1. The summed E-state index contributed by atoms with van der Waals surface area (Å²) in [6, 6.07) is 1.59. The van der Waals surface area contributed by atoms with E-state index in [0.717, 1.165) is 0 Å². The summed E-state index contributed by atoms with van der Waals surface area (Å²) in [5.41, 5.74) is 0.561. The van der Waals surface area contributed by atoms with E-state index in [1.54, 1.807) is 18.4 Å². The van der Waals surface area contributed by atoms with E-state index in [1.165, 1.54) is 18.3 Å². The normalized spacial score (nSPS) is 12.2. The first-order valence-electron chi connectivity index (χ1n) is 5.06. The fourth-order valence-electron chi connectivity index (χ4n) is 1.12. The second kappa shape index (κ2) is 5.77. The maximum atomic E-state index is 11.6. The first kappa shape index (κ1) is 12.9. The molecule has 0 spiro atoms. The smallest absolute Gasteiger partial charge is 0.261 e. The first-order chi connectivity index (χ1) is 7.50. The van der Waals surface area contributed by atoms with E-state index in [2.05, 4.69) is 5.32 Å². The maximum absolute atomic E-state index is 11.6. The molecule has 1 heterocycles. The summed E-state index contributed by atoms with van der Waals surface area (Å²) >= 11 is 1.25. The van der Waals surface area contributed by atoms with Crippen LogP contribution in [0.4, 0.5) is 0 Å². The predicted molar refractivity (Wildman–Crippen MR) is 63.0 cm³/mol. The Morgan fingerprint density at radius 1 is 1.56 bits per heavy atom. The standard InChI is InChI=1S/C11H15NO3S/c1-7(13)3-4-12-11(15)10-5-9(6-16-10)8(2)14/h5-7,13H,3-4H2,1-2H3,(H,12,15). The molecule has 0 aliphatic carbocycles. The van der Waals surface area contributed by atoms with Crippen molar-refractivity contribution in [3.05, 3.63) is 21.9 Å². The van der Waals surface area contributed by atoms with Gasteiger partial charge in [0.05, 0.1) is 11.0 Å². The molecule has 88 valence electrons. The number of aliphatic hydroxyl groups excluding tert-OH is 1. The molecule has 1 rings (SSSR count). The number of carbonyl (C=O) groups is 2. The van der Waals surface area contributed by atoms with E-state index in [4.69, 9.17) is 5.11 Å². The van der Waals surface area contributed by atoms with Crippen LogP contribution in [0.15, 0.2) is 11.4 Å². The quantitative estimate of drug-likeness (QED) is 0.767. The van der Waals surface area contributed by atoms with Gasteiger partial charge in [0.15, 0.2) is 5.78 Å². The van der Waals surface area contributed by atoms with Gasteiger partial charge >= 0.3 is 0 Å². The lowest BCUT2D eigenvalue weighted by Crippen LogP contribution is -2.25. The summed E-state index contributed by atoms with van der Waals surface area (Å²) in [7, 11) is 0. The molecule has 1 atom stereocenters. The van der Waals surface area contributed by atoms with Gasteiger partial charge in [-0.1, -0.05) is 0 Å². The molecular weight excluding hydrogens is 226 g/mol. The Kier molecular flexibility index (Phi) is 4.64. The third-order valence-electron chi connectivity index (χ3n) is 2.08. The van der Waals surface area contributed by atoms with Crippen molar-refractivity contribution < 1.29 is 14.7 Å². The first-order valence-corrected chi connectivity index (χ1v) is 5.94. The van der Waals surface area contributed by atoms with Crippen molar-refractivity contribution in [2.75, 3.05) is 6.54 Å². The number of hydrogen-bond donors (Lipinski definition) is 2. The molecule has 0 bridgehead atoms. The Hall–Kier alpha value is -1.20. The highest BCUT2D eigenvalue weighted by Crippen LogP contribution is 2.14. The number of carbonyl (C=O) groups excluding carboxylic acids is 2. The van der Waals surface area contributed by atoms with Crippen molar-refractivity contribution in [1.29, 1.82) is 0 Å². The SMILES string of the molecule is CC(=O)c1csc(C(=O)NCCC(C)O)c1. The summed E-state index contributed by atoms with van der Waals surface area (Å²) in [4.78, 5) is 23.1. The van der Waals surface area contributed by atoms with Crippen LogP contribution in [0.2, 0.25) is 0 Å². The molecule has 0 aliphatic heterocycles. The van der Waals surface area contributed by atoms with E-state index >= 15 is 0 Å². The third-order valence-corrected chi connectivity index (χ3v) is 3.01. The van der Waals surface area contributed by atoms with Crippen LogP contribution in [-0.4, -0.2) is 29.4 Å². The minimum absolute atomic E-state index is 0.0423. The van der Waals surface area contributed by atoms with Gasteiger partial charge in [0.2, 0.25) is 0 Å². The number of amides is 1. The molecule has 0 aliphatic rings. The molecule has 1 amide bonds. The molecular formula is C11H15NO3S. The molecule has 1 unspecified atom stereocenters. The second-order valence-electron chi connectivity index (χ2n) is 3.65.